The van der Waals surface area contributed by atoms with Crippen molar-refractivity contribution in [1.82, 2.24) is 10.2 Å². The Hall–Kier alpha value is -1.79. The Morgan fingerprint density at radius 1 is 1.32 bits per heavy atom. The van der Waals surface area contributed by atoms with Crippen LogP contribution in [0.3, 0.4) is 0 Å². The van der Waals surface area contributed by atoms with Crippen LogP contribution < -0.4 is 15.0 Å². The average molecular weight is 307 g/mol. The van der Waals surface area contributed by atoms with Crippen LogP contribution in [0.25, 0.3) is 0 Å². The molecule has 6 heteroatoms. The van der Waals surface area contributed by atoms with Crippen LogP contribution in [0.1, 0.15) is 12.5 Å². The van der Waals surface area contributed by atoms with E-state index < -0.39 is 5.97 Å². The lowest BCUT2D eigenvalue weighted by atomic mass is 10.1. The van der Waals surface area contributed by atoms with E-state index in [-0.39, 0.29) is 6.54 Å². The van der Waals surface area contributed by atoms with Gasteiger partial charge < -0.3 is 25.0 Å². The second kappa shape index (κ2) is 8.00. The molecule has 1 aliphatic rings. The summed E-state index contributed by atoms with van der Waals surface area (Å²) in [6, 6.07) is 6.12. The molecule has 0 spiro atoms. The first-order chi connectivity index (χ1) is 10.6. The quantitative estimate of drug-likeness (QED) is 0.784. The van der Waals surface area contributed by atoms with Crippen molar-refractivity contribution in [2.75, 3.05) is 51.3 Å². The van der Waals surface area contributed by atoms with E-state index in [9.17, 15) is 4.79 Å². The molecule has 0 bridgehead atoms. The van der Waals surface area contributed by atoms with Crippen molar-refractivity contribution in [2.24, 2.45) is 0 Å². The molecule has 1 fully saturated rings. The fourth-order valence-corrected chi connectivity index (χ4v) is 2.56. The van der Waals surface area contributed by atoms with Crippen LogP contribution >= 0.6 is 0 Å². The van der Waals surface area contributed by atoms with E-state index in [2.05, 4.69) is 28.2 Å². The van der Waals surface area contributed by atoms with Gasteiger partial charge in [0.25, 0.3) is 0 Å². The van der Waals surface area contributed by atoms with E-state index in [0.717, 1.165) is 43.2 Å². The fraction of sp³-hybridized carbons (Fsp3) is 0.562. The highest BCUT2D eigenvalue weighted by atomic mass is 16.5. The third-order valence-corrected chi connectivity index (χ3v) is 3.77. The monoisotopic (exact) mass is 307 g/mol. The summed E-state index contributed by atoms with van der Waals surface area (Å²) in [5.74, 6) is 0.0285. The van der Waals surface area contributed by atoms with Gasteiger partial charge in [-0.05, 0) is 31.7 Å². The molecule has 2 N–H and O–H groups in total. The van der Waals surface area contributed by atoms with Gasteiger partial charge in [0, 0.05) is 32.7 Å². The number of carbonyl (C=O) groups is 1. The Labute approximate surface area is 131 Å². The van der Waals surface area contributed by atoms with Gasteiger partial charge in [-0.25, -0.2) is 0 Å². The maximum Gasteiger partial charge on any atom is 0.317 e. The summed E-state index contributed by atoms with van der Waals surface area (Å²) in [5, 5.41) is 11.6. The summed E-state index contributed by atoms with van der Waals surface area (Å²) in [4.78, 5) is 15.2. The molecule has 1 saturated heterocycles. The van der Waals surface area contributed by atoms with Crippen LogP contribution in [0.2, 0.25) is 0 Å². The molecule has 0 saturated carbocycles. The second-order valence-corrected chi connectivity index (χ2v) is 5.52. The van der Waals surface area contributed by atoms with E-state index in [4.69, 9.17) is 9.84 Å². The summed E-state index contributed by atoms with van der Waals surface area (Å²) in [6.45, 7) is 7.16. The van der Waals surface area contributed by atoms with Crippen LogP contribution in [-0.2, 0) is 11.3 Å². The van der Waals surface area contributed by atoms with Crippen molar-refractivity contribution in [3.8, 4) is 5.75 Å². The lowest BCUT2D eigenvalue weighted by molar-refractivity contribution is -0.135. The molecule has 122 valence electrons. The minimum absolute atomic E-state index is 0.0375. The lowest BCUT2D eigenvalue weighted by Crippen LogP contribution is -2.44. The minimum Gasteiger partial charge on any atom is -0.492 e. The Balaban J connectivity index is 2.07. The number of carboxylic acid groups (broad SMARTS) is 1. The van der Waals surface area contributed by atoms with Crippen LogP contribution in [0.5, 0.6) is 5.75 Å². The highest BCUT2D eigenvalue weighted by Gasteiger charge is 2.18. The third-order valence-electron chi connectivity index (χ3n) is 3.77. The zero-order chi connectivity index (χ0) is 15.9. The van der Waals surface area contributed by atoms with Gasteiger partial charge in [-0.15, -0.1) is 0 Å². The van der Waals surface area contributed by atoms with E-state index in [1.54, 1.807) is 0 Å². The number of nitrogens with zero attached hydrogens (tertiary/aromatic N) is 2. The molecule has 6 nitrogen and oxygen atoms in total. The topological polar surface area (TPSA) is 65.0 Å². The molecule has 0 aliphatic carbocycles. The van der Waals surface area contributed by atoms with Crippen LogP contribution in [0.15, 0.2) is 18.2 Å². The molecule has 22 heavy (non-hydrogen) atoms. The molecule has 0 amide bonds. The number of aliphatic carboxylic acids is 1. The number of carboxylic acids is 1. The van der Waals surface area contributed by atoms with Crippen LogP contribution in [0, 0.1) is 0 Å². The van der Waals surface area contributed by atoms with Gasteiger partial charge in [-0.3, -0.25) is 4.79 Å². The number of anilines is 1. The fourth-order valence-electron chi connectivity index (χ4n) is 2.56. The van der Waals surface area contributed by atoms with Gasteiger partial charge in [0.05, 0.1) is 18.8 Å². The molecule has 0 atom stereocenters. The average Bonchev–Trinajstić information content (AvgIpc) is 2.49. The number of benzene rings is 1. The first-order valence-corrected chi connectivity index (χ1v) is 7.72. The number of piperazine rings is 1. The summed E-state index contributed by atoms with van der Waals surface area (Å²) in [7, 11) is 2.14. The van der Waals surface area contributed by atoms with Gasteiger partial charge in [-0.1, -0.05) is 6.07 Å². The third kappa shape index (κ3) is 4.61. The predicted molar refractivity (Wildman–Crippen MR) is 86.7 cm³/mol. The molecule has 0 aromatic heterocycles. The standard InChI is InChI=1S/C16H25N3O3/c1-3-22-15-10-13(11-17-12-16(20)21)4-5-14(15)19-8-6-18(2)7-9-19/h4-5,10,17H,3,6-9,11-12H2,1-2H3,(H,20,21). The van der Waals surface area contributed by atoms with Crippen molar-refractivity contribution >= 4 is 11.7 Å². The van der Waals surface area contributed by atoms with E-state index >= 15 is 0 Å². The molecule has 1 aromatic carbocycles. The molecular formula is C16H25N3O3. The molecule has 2 rings (SSSR count). The van der Waals surface area contributed by atoms with Crippen molar-refractivity contribution < 1.29 is 14.6 Å². The largest absolute Gasteiger partial charge is 0.492 e. The molecule has 1 aliphatic heterocycles. The van der Waals surface area contributed by atoms with Crippen molar-refractivity contribution in [3.05, 3.63) is 23.8 Å². The summed E-state index contributed by atoms with van der Waals surface area (Å²) in [5.41, 5.74) is 2.15. The minimum atomic E-state index is -0.848. The normalized spacial score (nSPS) is 15.8. The SMILES string of the molecule is CCOc1cc(CNCC(=O)O)ccc1N1CCN(C)CC1. The van der Waals surface area contributed by atoms with Gasteiger partial charge >= 0.3 is 5.97 Å². The Morgan fingerprint density at radius 3 is 2.68 bits per heavy atom. The summed E-state index contributed by atoms with van der Waals surface area (Å²) in [6.07, 6.45) is 0. The number of ether oxygens (including phenoxy) is 1. The first kappa shape index (κ1) is 16.6. The lowest BCUT2D eigenvalue weighted by Gasteiger charge is -2.35. The van der Waals surface area contributed by atoms with E-state index in [1.807, 2.05) is 19.1 Å². The maximum atomic E-state index is 10.5. The highest BCUT2D eigenvalue weighted by molar-refractivity contribution is 5.69. The molecular weight excluding hydrogens is 282 g/mol. The molecule has 0 radical (unpaired) electrons. The van der Waals surface area contributed by atoms with Crippen molar-refractivity contribution in [3.63, 3.8) is 0 Å². The number of nitrogens with one attached hydrogen (secondary N) is 1. The van der Waals surface area contributed by atoms with Crippen LogP contribution in [0.4, 0.5) is 5.69 Å². The summed E-state index contributed by atoms with van der Waals surface area (Å²) >= 11 is 0. The Bertz CT molecular complexity index is 499. The van der Waals surface area contributed by atoms with Gasteiger partial charge in [0.1, 0.15) is 5.75 Å². The Morgan fingerprint density at radius 2 is 2.05 bits per heavy atom. The van der Waals surface area contributed by atoms with E-state index in [1.165, 1.54) is 0 Å². The number of hydrogen-bond donors (Lipinski definition) is 2. The van der Waals surface area contributed by atoms with Crippen molar-refractivity contribution in [1.29, 1.82) is 0 Å². The van der Waals surface area contributed by atoms with E-state index in [0.29, 0.717) is 13.2 Å². The summed E-state index contributed by atoms with van der Waals surface area (Å²) < 4.78 is 5.79. The van der Waals surface area contributed by atoms with Gasteiger partial charge in [-0.2, -0.15) is 0 Å². The Kier molecular flexibility index (Phi) is 6.03. The zero-order valence-electron chi connectivity index (χ0n) is 13.3. The number of hydrogen-bond acceptors (Lipinski definition) is 5. The molecule has 1 aromatic rings. The highest BCUT2D eigenvalue weighted by Crippen LogP contribution is 2.30. The van der Waals surface area contributed by atoms with Gasteiger partial charge in [0.15, 0.2) is 0 Å². The van der Waals surface area contributed by atoms with Crippen LogP contribution in [-0.4, -0.2) is 62.4 Å². The smallest absolute Gasteiger partial charge is 0.317 e. The second-order valence-electron chi connectivity index (χ2n) is 5.52. The predicted octanol–water partition coefficient (Wildman–Crippen LogP) is 1.01. The van der Waals surface area contributed by atoms with Crippen molar-refractivity contribution in [2.45, 2.75) is 13.5 Å². The maximum absolute atomic E-state index is 10.5. The zero-order valence-corrected chi connectivity index (χ0v) is 13.3. The number of rotatable bonds is 7. The number of likely N-dealkylation sites (N-methyl/N-ethyl adjacent to an activating group) is 1. The first-order valence-electron chi connectivity index (χ1n) is 7.72. The molecule has 1 heterocycles. The molecule has 0 unspecified atom stereocenters. The van der Waals surface area contributed by atoms with Gasteiger partial charge in [0.2, 0.25) is 0 Å².